The summed E-state index contributed by atoms with van der Waals surface area (Å²) >= 11 is 0. The van der Waals surface area contributed by atoms with Gasteiger partial charge in [-0.15, -0.1) is 0 Å². The molecule has 3 heterocycles. The Morgan fingerprint density at radius 3 is 2.73 bits per heavy atom. The molecule has 138 valence electrons. The van der Waals surface area contributed by atoms with Gasteiger partial charge in [0.2, 0.25) is 12.7 Å². The number of nitrogens with one attached hydrogen (secondary N) is 1. The number of hydrogen-bond donors (Lipinski definition) is 1. The highest BCUT2D eigenvalue weighted by Gasteiger charge is 2.16. The van der Waals surface area contributed by atoms with Crippen LogP contribution < -0.4 is 14.8 Å². The first-order valence-electron chi connectivity index (χ1n) is 9.00. The van der Waals surface area contributed by atoms with Crippen LogP contribution in [0.25, 0.3) is 0 Å². The molecule has 0 bridgehead atoms. The first-order valence-corrected chi connectivity index (χ1v) is 9.00. The third-order valence-corrected chi connectivity index (χ3v) is 4.56. The van der Waals surface area contributed by atoms with E-state index < -0.39 is 0 Å². The SMILES string of the molecule is CN(Cc1cnc(NC[C@@H]2CCCO2)nc1)Cc1ccc2c(c1)OCO2. The maximum Gasteiger partial charge on any atom is 0.231 e. The number of fused-ring (bicyclic) bond motifs is 1. The molecule has 0 unspecified atom stereocenters. The fourth-order valence-corrected chi connectivity index (χ4v) is 3.26. The maximum atomic E-state index is 5.59. The predicted molar refractivity (Wildman–Crippen MR) is 97.2 cm³/mol. The van der Waals surface area contributed by atoms with Crippen LogP contribution in [0, 0.1) is 0 Å². The van der Waals surface area contributed by atoms with E-state index in [1.807, 2.05) is 24.5 Å². The van der Waals surface area contributed by atoms with E-state index in [-0.39, 0.29) is 6.10 Å². The van der Waals surface area contributed by atoms with Crippen molar-refractivity contribution in [1.29, 1.82) is 0 Å². The Balaban J connectivity index is 1.27. The molecular formula is C19H24N4O3. The van der Waals surface area contributed by atoms with E-state index in [2.05, 4.69) is 33.3 Å². The van der Waals surface area contributed by atoms with Crippen molar-refractivity contribution in [2.45, 2.75) is 32.0 Å². The smallest absolute Gasteiger partial charge is 0.231 e. The zero-order chi connectivity index (χ0) is 17.8. The van der Waals surface area contributed by atoms with E-state index in [1.54, 1.807) is 0 Å². The summed E-state index contributed by atoms with van der Waals surface area (Å²) in [6, 6.07) is 6.06. The second kappa shape index (κ2) is 7.88. The standard InChI is InChI=1S/C19H24N4O3/c1-23(11-14-4-5-17-18(7-14)26-13-25-17)12-15-8-20-19(21-9-15)22-10-16-3-2-6-24-16/h4-5,7-9,16H,2-3,6,10-13H2,1H3,(H,20,21,22)/t16-/m0/s1. The molecule has 0 saturated carbocycles. The molecule has 2 aromatic rings. The second-order valence-electron chi connectivity index (χ2n) is 6.79. The highest BCUT2D eigenvalue weighted by molar-refractivity contribution is 5.44. The zero-order valence-corrected chi connectivity index (χ0v) is 15.0. The number of ether oxygens (including phenoxy) is 3. The van der Waals surface area contributed by atoms with Gasteiger partial charge in [-0.05, 0) is 37.6 Å². The average Bonchev–Trinajstić information content (AvgIpc) is 3.32. The van der Waals surface area contributed by atoms with Crippen molar-refractivity contribution < 1.29 is 14.2 Å². The van der Waals surface area contributed by atoms with Gasteiger partial charge < -0.3 is 19.5 Å². The number of hydrogen-bond acceptors (Lipinski definition) is 7. The minimum absolute atomic E-state index is 0.283. The van der Waals surface area contributed by atoms with Crippen molar-refractivity contribution in [3.8, 4) is 11.5 Å². The van der Waals surface area contributed by atoms with Crippen molar-refractivity contribution in [3.63, 3.8) is 0 Å². The minimum Gasteiger partial charge on any atom is -0.454 e. The van der Waals surface area contributed by atoms with E-state index in [0.29, 0.717) is 12.7 Å². The van der Waals surface area contributed by atoms with Gasteiger partial charge in [-0.3, -0.25) is 4.90 Å². The summed E-state index contributed by atoms with van der Waals surface area (Å²) in [6.45, 7) is 3.53. The van der Waals surface area contributed by atoms with E-state index in [4.69, 9.17) is 14.2 Å². The van der Waals surface area contributed by atoms with Crippen LogP contribution in [-0.4, -0.2) is 48.0 Å². The third kappa shape index (κ3) is 4.23. The van der Waals surface area contributed by atoms with Crippen LogP contribution in [0.4, 0.5) is 5.95 Å². The molecule has 2 aliphatic rings. The Bertz CT molecular complexity index is 732. The molecule has 26 heavy (non-hydrogen) atoms. The number of aromatic nitrogens is 2. The monoisotopic (exact) mass is 356 g/mol. The molecule has 0 spiro atoms. The summed E-state index contributed by atoms with van der Waals surface area (Å²) in [5.74, 6) is 2.29. The van der Waals surface area contributed by atoms with E-state index in [9.17, 15) is 0 Å². The van der Waals surface area contributed by atoms with Crippen LogP contribution in [0.1, 0.15) is 24.0 Å². The summed E-state index contributed by atoms with van der Waals surface area (Å²) in [5.41, 5.74) is 2.27. The Labute approximate surface area is 153 Å². The Morgan fingerprint density at radius 1 is 1.12 bits per heavy atom. The van der Waals surface area contributed by atoms with Gasteiger partial charge >= 0.3 is 0 Å². The fraction of sp³-hybridized carbons (Fsp3) is 0.474. The molecule has 1 fully saturated rings. The summed E-state index contributed by atoms with van der Waals surface area (Å²) in [4.78, 5) is 11.0. The number of benzene rings is 1. The van der Waals surface area contributed by atoms with Gasteiger partial charge in [-0.2, -0.15) is 0 Å². The molecule has 0 aliphatic carbocycles. The number of nitrogens with zero attached hydrogens (tertiary/aromatic N) is 3. The second-order valence-corrected chi connectivity index (χ2v) is 6.79. The molecule has 1 aromatic carbocycles. The molecule has 2 aliphatic heterocycles. The predicted octanol–water partition coefficient (Wildman–Crippen LogP) is 2.43. The van der Waals surface area contributed by atoms with Crippen molar-refractivity contribution in [1.82, 2.24) is 14.9 Å². The summed E-state index contributed by atoms with van der Waals surface area (Å²) in [7, 11) is 2.08. The molecule has 7 heteroatoms. The maximum absolute atomic E-state index is 5.59. The lowest BCUT2D eigenvalue weighted by atomic mass is 10.2. The number of rotatable bonds is 7. The van der Waals surface area contributed by atoms with Crippen molar-refractivity contribution >= 4 is 5.95 Å². The summed E-state index contributed by atoms with van der Waals surface area (Å²) < 4.78 is 16.4. The van der Waals surface area contributed by atoms with Crippen molar-refractivity contribution in [3.05, 3.63) is 41.7 Å². The largest absolute Gasteiger partial charge is 0.454 e. The van der Waals surface area contributed by atoms with Crippen LogP contribution in [0.15, 0.2) is 30.6 Å². The van der Waals surface area contributed by atoms with Gasteiger partial charge in [0.25, 0.3) is 0 Å². The Morgan fingerprint density at radius 2 is 1.92 bits per heavy atom. The van der Waals surface area contributed by atoms with E-state index in [1.165, 1.54) is 5.56 Å². The zero-order valence-electron chi connectivity index (χ0n) is 15.0. The summed E-state index contributed by atoms with van der Waals surface area (Å²) in [6.07, 6.45) is 6.28. The lowest BCUT2D eigenvalue weighted by Crippen LogP contribution is -2.20. The highest BCUT2D eigenvalue weighted by atomic mass is 16.7. The number of anilines is 1. The third-order valence-electron chi connectivity index (χ3n) is 4.56. The van der Waals surface area contributed by atoms with Crippen LogP contribution in [0.5, 0.6) is 11.5 Å². The molecule has 7 nitrogen and oxygen atoms in total. The van der Waals surface area contributed by atoms with Crippen molar-refractivity contribution in [2.24, 2.45) is 0 Å². The first-order chi connectivity index (χ1) is 12.8. The van der Waals surface area contributed by atoms with Crippen molar-refractivity contribution in [2.75, 3.05) is 32.3 Å². The quantitative estimate of drug-likeness (QED) is 0.817. The average molecular weight is 356 g/mol. The normalized spacial score (nSPS) is 18.5. The van der Waals surface area contributed by atoms with E-state index in [0.717, 1.165) is 56.1 Å². The first kappa shape index (κ1) is 17.1. The lowest BCUT2D eigenvalue weighted by molar-refractivity contribution is 0.120. The summed E-state index contributed by atoms with van der Waals surface area (Å²) in [5, 5.41) is 3.24. The van der Waals surface area contributed by atoms with Gasteiger partial charge in [-0.1, -0.05) is 6.07 Å². The molecule has 1 saturated heterocycles. The molecule has 1 atom stereocenters. The fourth-order valence-electron chi connectivity index (χ4n) is 3.26. The van der Waals surface area contributed by atoms with Crippen LogP contribution in [0.3, 0.4) is 0 Å². The van der Waals surface area contributed by atoms with E-state index >= 15 is 0 Å². The van der Waals surface area contributed by atoms with Crippen LogP contribution >= 0.6 is 0 Å². The van der Waals surface area contributed by atoms with Gasteiger partial charge in [0.05, 0.1) is 6.10 Å². The highest BCUT2D eigenvalue weighted by Crippen LogP contribution is 2.32. The van der Waals surface area contributed by atoms with Gasteiger partial charge in [0, 0.05) is 44.2 Å². The molecule has 0 radical (unpaired) electrons. The molecule has 1 aromatic heterocycles. The molecule has 1 N–H and O–H groups in total. The van der Waals surface area contributed by atoms with Crippen LogP contribution in [-0.2, 0) is 17.8 Å². The van der Waals surface area contributed by atoms with Crippen LogP contribution in [0.2, 0.25) is 0 Å². The topological polar surface area (TPSA) is 68.7 Å². The lowest BCUT2D eigenvalue weighted by Gasteiger charge is -2.17. The Kier molecular flexibility index (Phi) is 5.17. The van der Waals surface area contributed by atoms with Gasteiger partial charge in [-0.25, -0.2) is 9.97 Å². The Hall–Kier alpha value is -2.38. The van der Waals surface area contributed by atoms with Gasteiger partial charge in [0.15, 0.2) is 11.5 Å². The molecule has 4 rings (SSSR count). The van der Waals surface area contributed by atoms with Gasteiger partial charge in [0.1, 0.15) is 0 Å². The minimum atomic E-state index is 0.283. The molecular weight excluding hydrogens is 332 g/mol. The molecule has 0 amide bonds.